The lowest BCUT2D eigenvalue weighted by Crippen LogP contribution is -2.34. The third-order valence-electron chi connectivity index (χ3n) is 2.96. The SMILES string of the molecule is CCN(CCC(F)(F)F)C(=O)c1ccc(OC)c(OC)c1. The molecule has 0 fully saturated rings. The lowest BCUT2D eigenvalue weighted by atomic mass is 10.1. The second-order valence-corrected chi connectivity index (χ2v) is 4.32. The molecule has 1 rings (SSSR count). The average Bonchev–Trinajstić information content (AvgIpc) is 2.45. The molecule has 7 heteroatoms. The standard InChI is InChI=1S/C14H18F3NO3/c1-4-18(8-7-14(15,16)17)13(19)10-5-6-11(20-2)12(9-10)21-3/h5-6,9H,4,7-8H2,1-3H3. The number of nitrogens with zero attached hydrogens (tertiary/aromatic N) is 1. The van der Waals surface area contributed by atoms with E-state index in [-0.39, 0.29) is 18.7 Å². The van der Waals surface area contributed by atoms with E-state index in [2.05, 4.69) is 0 Å². The first-order valence-corrected chi connectivity index (χ1v) is 6.40. The Morgan fingerprint density at radius 3 is 2.29 bits per heavy atom. The van der Waals surface area contributed by atoms with Gasteiger partial charge in [-0.25, -0.2) is 0 Å². The zero-order valence-corrected chi connectivity index (χ0v) is 12.2. The van der Waals surface area contributed by atoms with Crippen LogP contribution in [0.2, 0.25) is 0 Å². The van der Waals surface area contributed by atoms with Crippen molar-refractivity contribution in [2.75, 3.05) is 27.3 Å². The molecule has 0 atom stereocenters. The monoisotopic (exact) mass is 305 g/mol. The number of rotatable bonds is 6. The van der Waals surface area contributed by atoms with Crippen LogP contribution in [-0.2, 0) is 0 Å². The van der Waals surface area contributed by atoms with Crippen molar-refractivity contribution in [1.29, 1.82) is 0 Å². The van der Waals surface area contributed by atoms with Crippen LogP contribution < -0.4 is 9.47 Å². The molecule has 1 aromatic rings. The molecule has 21 heavy (non-hydrogen) atoms. The van der Waals surface area contributed by atoms with Crippen molar-refractivity contribution in [3.8, 4) is 11.5 Å². The van der Waals surface area contributed by atoms with Gasteiger partial charge in [0.05, 0.1) is 20.6 Å². The molecule has 0 aliphatic heterocycles. The molecule has 0 spiro atoms. The molecule has 0 aliphatic carbocycles. The first-order valence-electron chi connectivity index (χ1n) is 6.40. The molecule has 0 heterocycles. The van der Waals surface area contributed by atoms with Gasteiger partial charge in [-0.2, -0.15) is 13.2 Å². The van der Waals surface area contributed by atoms with Crippen molar-refractivity contribution in [3.05, 3.63) is 23.8 Å². The molecule has 0 bridgehead atoms. The zero-order valence-electron chi connectivity index (χ0n) is 12.2. The summed E-state index contributed by atoms with van der Waals surface area (Å²) in [6, 6.07) is 4.50. The maximum Gasteiger partial charge on any atom is 0.390 e. The Morgan fingerprint density at radius 2 is 1.81 bits per heavy atom. The van der Waals surface area contributed by atoms with Gasteiger partial charge in [-0.1, -0.05) is 0 Å². The van der Waals surface area contributed by atoms with E-state index in [1.54, 1.807) is 13.0 Å². The molecule has 0 saturated heterocycles. The van der Waals surface area contributed by atoms with Crippen molar-refractivity contribution in [1.82, 2.24) is 4.90 Å². The third kappa shape index (κ3) is 4.84. The van der Waals surface area contributed by atoms with Crippen LogP contribution in [0.25, 0.3) is 0 Å². The first-order chi connectivity index (χ1) is 9.82. The molecular weight excluding hydrogens is 287 g/mol. The van der Waals surface area contributed by atoms with Crippen molar-refractivity contribution >= 4 is 5.91 Å². The van der Waals surface area contributed by atoms with Gasteiger partial charge in [0, 0.05) is 18.7 Å². The topological polar surface area (TPSA) is 38.8 Å². The van der Waals surface area contributed by atoms with E-state index in [0.717, 1.165) is 4.90 Å². The molecule has 118 valence electrons. The van der Waals surface area contributed by atoms with Gasteiger partial charge < -0.3 is 14.4 Å². The second kappa shape index (κ2) is 7.19. The van der Waals surface area contributed by atoms with Crippen LogP contribution in [0.4, 0.5) is 13.2 Å². The number of alkyl halides is 3. The highest BCUT2D eigenvalue weighted by molar-refractivity contribution is 5.94. The Bertz CT molecular complexity index is 489. The first kappa shape index (κ1) is 17.1. The van der Waals surface area contributed by atoms with Crippen molar-refractivity contribution in [2.24, 2.45) is 0 Å². The number of hydrogen-bond acceptors (Lipinski definition) is 3. The Hall–Kier alpha value is -1.92. The van der Waals surface area contributed by atoms with Crippen LogP contribution in [0, 0.1) is 0 Å². The van der Waals surface area contributed by atoms with Crippen LogP contribution >= 0.6 is 0 Å². The molecule has 0 unspecified atom stereocenters. The highest BCUT2D eigenvalue weighted by Crippen LogP contribution is 2.28. The molecule has 0 aromatic heterocycles. The highest BCUT2D eigenvalue weighted by Gasteiger charge is 2.29. The van der Waals surface area contributed by atoms with E-state index in [0.29, 0.717) is 11.5 Å². The van der Waals surface area contributed by atoms with Crippen molar-refractivity contribution < 1.29 is 27.4 Å². The van der Waals surface area contributed by atoms with E-state index < -0.39 is 18.5 Å². The average molecular weight is 305 g/mol. The maximum absolute atomic E-state index is 12.3. The Morgan fingerprint density at radius 1 is 1.19 bits per heavy atom. The number of methoxy groups -OCH3 is 2. The summed E-state index contributed by atoms with van der Waals surface area (Å²) in [4.78, 5) is 13.4. The minimum atomic E-state index is -4.29. The summed E-state index contributed by atoms with van der Waals surface area (Å²) in [5, 5.41) is 0. The summed E-state index contributed by atoms with van der Waals surface area (Å²) in [6.45, 7) is 1.46. The molecule has 0 radical (unpaired) electrons. The van der Waals surface area contributed by atoms with Gasteiger partial charge in [0.2, 0.25) is 0 Å². The van der Waals surface area contributed by atoms with Crippen LogP contribution in [0.15, 0.2) is 18.2 Å². The van der Waals surface area contributed by atoms with Crippen molar-refractivity contribution in [3.63, 3.8) is 0 Å². The third-order valence-corrected chi connectivity index (χ3v) is 2.96. The van der Waals surface area contributed by atoms with E-state index in [4.69, 9.17) is 9.47 Å². The number of halogens is 3. The summed E-state index contributed by atoms with van der Waals surface area (Å²) in [5.41, 5.74) is 0.261. The summed E-state index contributed by atoms with van der Waals surface area (Å²) >= 11 is 0. The van der Waals surface area contributed by atoms with E-state index in [1.165, 1.54) is 26.4 Å². The van der Waals surface area contributed by atoms with Gasteiger partial charge in [-0.15, -0.1) is 0 Å². The van der Waals surface area contributed by atoms with Gasteiger partial charge in [0.15, 0.2) is 11.5 Å². The fourth-order valence-corrected chi connectivity index (χ4v) is 1.82. The van der Waals surface area contributed by atoms with Crippen molar-refractivity contribution in [2.45, 2.75) is 19.5 Å². The van der Waals surface area contributed by atoms with Crippen LogP contribution in [0.3, 0.4) is 0 Å². The quantitative estimate of drug-likeness (QED) is 0.810. The smallest absolute Gasteiger partial charge is 0.390 e. The minimum Gasteiger partial charge on any atom is -0.493 e. The minimum absolute atomic E-state index is 0.198. The number of carbonyl (C=O) groups excluding carboxylic acids is 1. The lowest BCUT2D eigenvalue weighted by molar-refractivity contribution is -0.136. The number of carbonyl (C=O) groups is 1. The molecule has 1 amide bonds. The highest BCUT2D eigenvalue weighted by atomic mass is 19.4. The summed E-state index contributed by atoms with van der Waals surface area (Å²) in [7, 11) is 2.88. The predicted molar refractivity (Wildman–Crippen MR) is 71.8 cm³/mol. The van der Waals surface area contributed by atoms with Crippen LogP contribution in [0.1, 0.15) is 23.7 Å². The summed E-state index contributed by atoms with van der Waals surface area (Å²) in [6.07, 6.45) is -5.31. The Labute approximate surface area is 121 Å². The Balaban J connectivity index is 2.89. The number of amides is 1. The lowest BCUT2D eigenvalue weighted by Gasteiger charge is -2.22. The molecular formula is C14H18F3NO3. The fourth-order valence-electron chi connectivity index (χ4n) is 1.82. The Kier molecular flexibility index (Phi) is 5.87. The van der Waals surface area contributed by atoms with E-state index >= 15 is 0 Å². The van der Waals surface area contributed by atoms with Crippen LogP contribution in [0.5, 0.6) is 11.5 Å². The normalized spacial score (nSPS) is 11.1. The molecule has 0 saturated carbocycles. The second-order valence-electron chi connectivity index (χ2n) is 4.32. The van der Waals surface area contributed by atoms with E-state index in [9.17, 15) is 18.0 Å². The fraction of sp³-hybridized carbons (Fsp3) is 0.500. The molecule has 1 aromatic carbocycles. The number of benzene rings is 1. The summed E-state index contributed by atoms with van der Waals surface area (Å²) < 4.78 is 46.9. The maximum atomic E-state index is 12.3. The predicted octanol–water partition coefficient (Wildman–Crippen LogP) is 3.12. The van der Waals surface area contributed by atoms with Gasteiger partial charge >= 0.3 is 6.18 Å². The van der Waals surface area contributed by atoms with Gasteiger partial charge in [0.1, 0.15) is 0 Å². The summed E-state index contributed by atoms with van der Waals surface area (Å²) in [5.74, 6) is 0.338. The molecule has 0 aliphatic rings. The van der Waals surface area contributed by atoms with Gasteiger partial charge in [-0.05, 0) is 25.1 Å². The molecule has 0 N–H and O–H groups in total. The zero-order chi connectivity index (χ0) is 16.0. The number of ether oxygens (including phenoxy) is 2. The van der Waals surface area contributed by atoms with E-state index in [1.807, 2.05) is 0 Å². The molecule has 4 nitrogen and oxygen atoms in total. The van der Waals surface area contributed by atoms with Crippen LogP contribution in [-0.4, -0.2) is 44.3 Å². The van der Waals surface area contributed by atoms with Gasteiger partial charge in [-0.3, -0.25) is 4.79 Å². The van der Waals surface area contributed by atoms with Gasteiger partial charge in [0.25, 0.3) is 5.91 Å². The number of hydrogen-bond donors (Lipinski definition) is 0. The largest absolute Gasteiger partial charge is 0.493 e.